The second-order valence-electron chi connectivity index (χ2n) is 10.1. The van der Waals surface area contributed by atoms with Gasteiger partial charge in [0.15, 0.2) is 5.78 Å². The molecule has 0 radical (unpaired) electrons. The van der Waals surface area contributed by atoms with E-state index in [4.69, 9.17) is 11.5 Å². The maximum atomic E-state index is 14.4. The highest BCUT2D eigenvalue weighted by Crippen LogP contribution is 2.44. The van der Waals surface area contributed by atoms with Crippen LogP contribution in [-0.2, 0) is 16.1 Å². The first kappa shape index (κ1) is 30.1. The number of allylic oxidation sites excluding steroid dienone is 2. The Bertz CT molecular complexity index is 1150. The van der Waals surface area contributed by atoms with Crippen LogP contribution in [0.15, 0.2) is 48.1 Å². The molecule has 11 heteroatoms. The zero-order valence-electron chi connectivity index (χ0n) is 22.7. The molecule has 1 heterocycles. The minimum absolute atomic E-state index is 0.0766. The lowest BCUT2D eigenvalue weighted by Crippen LogP contribution is -2.47. The van der Waals surface area contributed by atoms with Crippen molar-refractivity contribution >= 4 is 17.3 Å². The van der Waals surface area contributed by atoms with Gasteiger partial charge in [-0.25, -0.2) is 13.2 Å². The molecule has 3 rings (SSSR count). The van der Waals surface area contributed by atoms with Crippen LogP contribution in [0.2, 0.25) is 0 Å². The van der Waals surface area contributed by atoms with Gasteiger partial charge in [0.25, 0.3) is 0 Å². The van der Waals surface area contributed by atoms with Gasteiger partial charge in [0, 0.05) is 32.4 Å². The number of benzene rings is 1. The Kier molecular flexibility index (Phi) is 10.1. The van der Waals surface area contributed by atoms with Crippen molar-refractivity contribution in [3.63, 3.8) is 0 Å². The van der Waals surface area contributed by atoms with Crippen molar-refractivity contribution in [2.75, 3.05) is 20.1 Å². The quantitative estimate of drug-likeness (QED) is 0.272. The van der Waals surface area contributed by atoms with E-state index in [1.165, 1.54) is 18.3 Å². The Morgan fingerprint density at radius 2 is 2.05 bits per heavy atom. The molecular formula is C28H39F3N6O2. The highest BCUT2D eigenvalue weighted by atomic mass is 19.3. The first-order chi connectivity index (χ1) is 18.5. The van der Waals surface area contributed by atoms with Gasteiger partial charge in [0.1, 0.15) is 12.0 Å². The Morgan fingerprint density at radius 3 is 2.64 bits per heavy atom. The number of carbonyl (C=O) groups excluding carboxylic acids is 2. The monoisotopic (exact) mass is 548 g/mol. The minimum atomic E-state index is -2.78. The molecule has 1 aliphatic heterocycles. The van der Waals surface area contributed by atoms with E-state index in [9.17, 15) is 22.8 Å². The number of Topliss-reactive ketones (excluding diaryl/α,β-unsaturated/α-hetero) is 1. The number of rotatable bonds is 12. The Hall–Kier alpha value is -3.47. The summed E-state index contributed by atoms with van der Waals surface area (Å²) >= 11 is 0. The lowest BCUT2D eigenvalue weighted by Gasteiger charge is -2.34. The topological polar surface area (TPSA) is 126 Å². The molecule has 3 atom stereocenters. The van der Waals surface area contributed by atoms with Gasteiger partial charge in [-0.3, -0.25) is 9.59 Å². The molecule has 0 spiro atoms. The van der Waals surface area contributed by atoms with Crippen molar-refractivity contribution in [1.82, 2.24) is 20.9 Å². The van der Waals surface area contributed by atoms with Crippen LogP contribution >= 0.6 is 0 Å². The van der Waals surface area contributed by atoms with Crippen LogP contribution in [0.25, 0.3) is 5.57 Å². The van der Waals surface area contributed by atoms with E-state index in [1.54, 1.807) is 31.1 Å². The average molecular weight is 549 g/mol. The largest absolute Gasteiger partial charge is 0.405 e. The fourth-order valence-corrected chi connectivity index (χ4v) is 5.36. The molecule has 39 heavy (non-hydrogen) atoms. The molecule has 0 saturated heterocycles. The predicted octanol–water partition coefficient (Wildman–Crippen LogP) is 2.93. The van der Waals surface area contributed by atoms with Gasteiger partial charge in [0.2, 0.25) is 11.8 Å². The molecule has 1 saturated carbocycles. The van der Waals surface area contributed by atoms with Gasteiger partial charge in [0.05, 0.1) is 30.4 Å². The summed E-state index contributed by atoms with van der Waals surface area (Å²) in [6.07, 6.45) is 4.45. The van der Waals surface area contributed by atoms with Crippen LogP contribution in [0.5, 0.6) is 0 Å². The number of hydrogen-bond donors (Lipinski definition) is 5. The SMILES string of the molecule is CC/C(=C\NC)c1cc(F)cc(CNC(=O)C(C)C2=C(/C=C\N)NC(C3CCC(F)(F)C3)N2CC(=O)CN)c1. The summed E-state index contributed by atoms with van der Waals surface area (Å²) in [5, 5.41) is 9.04. The van der Waals surface area contributed by atoms with Crippen molar-refractivity contribution in [1.29, 1.82) is 0 Å². The summed E-state index contributed by atoms with van der Waals surface area (Å²) < 4.78 is 42.6. The summed E-state index contributed by atoms with van der Waals surface area (Å²) in [7, 11) is 1.77. The lowest BCUT2D eigenvalue weighted by atomic mass is 10.00. The van der Waals surface area contributed by atoms with E-state index in [2.05, 4.69) is 16.0 Å². The molecule has 1 fully saturated rings. The maximum Gasteiger partial charge on any atom is 0.248 e. The van der Waals surface area contributed by atoms with Crippen LogP contribution in [0.3, 0.4) is 0 Å². The standard InChI is InChI=1S/C28H39F3N6O2/c1-4-19(15-34-3)21-9-18(10-22(29)11-21)14-35-27(39)17(2)25-24(6-8-32)36-26(37(25)16-23(38)13-33)20-5-7-28(30,31)12-20/h6,8-11,15,17,20,26,34,36H,4-5,7,12-14,16,32-33H2,1-3H3,(H,35,39)/b8-6-,19-15+. The third kappa shape index (κ3) is 7.35. The van der Waals surface area contributed by atoms with Gasteiger partial charge in [-0.2, -0.15) is 0 Å². The van der Waals surface area contributed by atoms with Crippen LogP contribution in [0.1, 0.15) is 50.7 Å². The fraction of sp³-hybridized carbons (Fsp3) is 0.500. The number of halogens is 3. The molecule has 0 bridgehead atoms. The van der Waals surface area contributed by atoms with Crippen LogP contribution in [0, 0.1) is 17.7 Å². The number of nitrogens with one attached hydrogen (secondary N) is 3. The molecule has 2 aliphatic rings. The van der Waals surface area contributed by atoms with Gasteiger partial charge < -0.3 is 32.3 Å². The Labute approximate surface area is 227 Å². The summed E-state index contributed by atoms with van der Waals surface area (Å²) in [6, 6.07) is 4.63. The highest BCUT2D eigenvalue weighted by molar-refractivity contribution is 5.84. The number of amides is 1. The predicted molar refractivity (Wildman–Crippen MR) is 145 cm³/mol. The second-order valence-corrected chi connectivity index (χ2v) is 10.1. The number of alkyl halides is 2. The summed E-state index contributed by atoms with van der Waals surface area (Å²) in [5.41, 5.74) is 14.4. The molecule has 1 aliphatic carbocycles. The van der Waals surface area contributed by atoms with E-state index >= 15 is 0 Å². The molecule has 1 aromatic rings. The Balaban J connectivity index is 1.84. The molecule has 0 aromatic heterocycles. The van der Waals surface area contributed by atoms with Crippen molar-refractivity contribution < 1.29 is 22.8 Å². The van der Waals surface area contributed by atoms with E-state index in [0.717, 1.165) is 5.57 Å². The van der Waals surface area contributed by atoms with E-state index in [1.807, 2.05) is 13.0 Å². The molecule has 3 unspecified atom stereocenters. The molecule has 7 N–H and O–H groups in total. The first-order valence-electron chi connectivity index (χ1n) is 13.2. The number of nitrogens with two attached hydrogens (primary N) is 2. The first-order valence-corrected chi connectivity index (χ1v) is 13.2. The summed E-state index contributed by atoms with van der Waals surface area (Å²) in [6.45, 7) is 3.37. The van der Waals surface area contributed by atoms with E-state index < -0.39 is 29.7 Å². The lowest BCUT2D eigenvalue weighted by molar-refractivity contribution is -0.125. The molecule has 1 amide bonds. The van der Waals surface area contributed by atoms with Gasteiger partial charge in [-0.15, -0.1) is 0 Å². The third-order valence-corrected chi connectivity index (χ3v) is 7.25. The fourth-order valence-electron chi connectivity index (χ4n) is 5.36. The smallest absolute Gasteiger partial charge is 0.248 e. The van der Waals surface area contributed by atoms with Crippen LogP contribution < -0.4 is 27.4 Å². The normalized spacial score (nSPS) is 21.8. The zero-order valence-corrected chi connectivity index (χ0v) is 22.7. The van der Waals surface area contributed by atoms with Gasteiger partial charge >= 0.3 is 0 Å². The maximum absolute atomic E-state index is 14.4. The van der Waals surface area contributed by atoms with Crippen molar-refractivity contribution in [3.05, 3.63) is 65.0 Å². The molecule has 1 aromatic carbocycles. The Morgan fingerprint density at radius 1 is 1.31 bits per heavy atom. The van der Waals surface area contributed by atoms with E-state index in [-0.39, 0.29) is 50.6 Å². The van der Waals surface area contributed by atoms with Gasteiger partial charge in [-0.1, -0.05) is 6.92 Å². The molecule has 214 valence electrons. The summed E-state index contributed by atoms with van der Waals surface area (Å²) in [4.78, 5) is 27.4. The number of hydrogen-bond acceptors (Lipinski definition) is 7. The number of nitrogens with zero attached hydrogens (tertiary/aromatic N) is 1. The van der Waals surface area contributed by atoms with Crippen molar-refractivity contribution in [2.24, 2.45) is 23.3 Å². The van der Waals surface area contributed by atoms with Crippen LogP contribution in [0.4, 0.5) is 13.2 Å². The highest BCUT2D eigenvalue weighted by Gasteiger charge is 2.47. The second kappa shape index (κ2) is 13.1. The number of ketones is 1. The third-order valence-electron chi connectivity index (χ3n) is 7.25. The summed E-state index contributed by atoms with van der Waals surface area (Å²) in [5.74, 6) is -5.07. The van der Waals surface area contributed by atoms with Crippen molar-refractivity contribution in [2.45, 2.75) is 58.2 Å². The molecular weight excluding hydrogens is 509 g/mol. The minimum Gasteiger partial charge on any atom is -0.405 e. The van der Waals surface area contributed by atoms with Crippen molar-refractivity contribution in [3.8, 4) is 0 Å². The zero-order chi connectivity index (χ0) is 28.7. The van der Waals surface area contributed by atoms with E-state index in [0.29, 0.717) is 28.9 Å². The number of carbonyl (C=O) groups is 2. The van der Waals surface area contributed by atoms with Crippen LogP contribution in [-0.4, -0.2) is 48.8 Å². The molecule has 8 nitrogen and oxygen atoms in total. The van der Waals surface area contributed by atoms with Gasteiger partial charge in [-0.05, 0) is 73.1 Å². The average Bonchev–Trinajstić information content (AvgIpc) is 3.43.